The van der Waals surface area contributed by atoms with E-state index in [9.17, 15) is 9.59 Å². The molecule has 0 aliphatic heterocycles. The Balaban J connectivity index is 1.92. The number of amides is 1. The number of likely N-dealkylation sites (N-methyl/N-ethyl adjacent to an activating group) is 1. The van der Waals surface area contributed by atoms with E-state index in [2.05, 4.69) is 4.98 Å². The first kappa shape index (κ1) is 18.8. The standard InChI is InChI=1S/C22H25N3O2/c1-14-6-7-20-18(11-14)21(26)19(13-24(20)4)22(27)25(5)16(3)12-17-10-15(2)8-9-23-17/h6-11,13,16H,12H2,1-5H3/t16-/m0/s1. The molecular formula is C22H25N3O2. The highest BCUT2D eigenvalue weighted by Gasteiger charge is 2.22. The van der Waals surface area contributed by atoms with Crippen LogP contribution < -0.4 is 5.43 Å². The van der Waals surface area contributed by atoms with E-state index >= 15 is 0 Å². The lowest BCUT2D eigenvalue weighted by molar-refractivity contribution is 0.0741. The summed E-state index contributed by atoms with van der Waals surface area (Å²) in [6.07, 6.45) is 4.05. The molecule has 0 radical (unpaired) electrons. The smallest absolute Gasteiger partial charge is 0.259 e. The number of rotatable bonds is 4. The van der Waals surface area contributed by atoms with Crippen molar-refractivity contribution >= 4 is 16.8 Å². The maximum Gasteiger partial charge on any atom is 0.259 e. The number of benzene rings is 1. The molecule has 2 heterocycles. The average molecular weight is 363 g/mol. The second kappa shape index (κ2) is 7.35. The van der Waals surface area contributed by atoms with E-state index in [1.165, 1.54) is 0 Å². The lowest BCUT2D eigenvalue weighted by Crippen LogP contribution is -2.39. The Hall–Kier alpha value is -2.95. The Morgan fingerprint density at radius 1 is 1.19 bits per heavy atom. The van der Waals surface area contributed by atoms with Crippen LogP contribution in [0.4, 0.5) is 0 Å². The van der Waals surface area contributed by atoms with Gasteiger partial charge in [0.25, 0.3) is 5.91 Å². The van der Waals surface area contributed by atoms with Crippen LogP contribution in [0.1, 0.15) is 34.1 Å². The third-order valence-corrected chi connectivity index (χ3v) is 5.03. The molecule has 0 unspecified atom stereocenters. The third-order valence-electron chi connectivity index (χ3n) is 5.03. The summed E-state index contributed by atoms with van der Waals surface area (Å²) >= 11 is 0. The SMILES string of the molecule is Cc1ccnc(C[C@H](C)N(C)C(=O)c2cn(C)c3ccc(C)cc3c2=O)c1. The Labute approximate surface area is 159 Å². The van der Waals surface area contributed by atoms with Crippen LogP contribution in [0, 0.1) is 13.8 Å². The predicted molar refractivity (Wildman–Crippen MR) is 108 cm³/mol. The van der Waals surface area contributed by atoms with Crippen LogP contribution in [-0.2, 0) is 13.5 Å². The number of aromatic nitrogens is 2. The van der Waals surface area contributed by atoms with Gasteiger partial charge in [0, 0.05) is 50.0 Å². The summed E-state index contributed by atoms with van der Waals surface area (Å²) in [5.74, 6) is -0.265. The van der Waals surface area contributed by atoms with Gasteiger partial charge in [-0.2, -0.15) is 0 Å². The monoisotopic (exact) mass is 363 g/mol. The van der Waals surface area contributed by atoms with Gasteiger partial charge in [-0.15, -0.1) is 0 Å². The first-order valence-corrected chi connectivity index (χ1v) is 9.06. The van der Waals surface area contributed by atoms with E-state index in [0.29, 0.717) is 11.8 Å². The molecule has 0 N–H and O–H groups in total. The lowest BCUT2D eigenvalue weighted by Gasteiger charge is -2.25. The van der Waals surface area contributed by atoms with Crippen molar-refractivity contribution in [1.29, 1.82) is 0 Å². The van der Waals surface area contributed by atoms with Crippen molar-refractivity contribution in [2.45, 2.75) is 33.2 Å². The number of pyridine rings is 2. The molecule has 2 aromatic heterocycles. The van der Waals surface area contributed by atoms with E-state index in [1.807, 2.05) is 62.7 Å². The molecule has 0 saturated carbocycles. The van der Waals surface area contributed by atoms with Crippen LogP contribution in [0.25, 0.3) is 10.9 Å². The van der Waals surface area contributed by atoms with Crippen LogP contribution >= 0.6 is 0 Å². The minimum Gasteiger partial charge on any atom is -0.350 e. The molecule has 1 aromatic carbocycles. The zero-order valence-electron chi connectivity index (χ0n) is 16.5. The van der Waals surface area contributed by atoms with Gasteiger partial charge in [0.1, 0.15) is 5.56 Å². The van der Waals surface area contributed by atoms with Gasteiger partial charge < -0.3 is 9.47 Å². The number of carbonyl (C=O) groups is 1. The second-order valence-corrected chi connectivity index (χ2v) is 7.30. The normalized spacial score (nSPS) is 12.2. The van der Waals surface area contributed by atoms with Crippen molar-refractivity contribution in [3.05, 3.63) is 75.3 Å². The molecular weight excluding hydrogens is 338 g/mol. The van der Waals surface area contributed by atoms with Crippen molar-refractivity contribution < 1.29 is 4.79 Å². The molecule has 0 fully saturated rings. The highest BCUT2D eigenvalue weighted by molar-refractivity contribution is 5.97. The summed E-state index contributed by atoms with van der Waals surface area (Å²) in [5, 5.41) is 0.574. The molecule has 5 nitrogen and oxygen atoms in total. The summed E-state index contributed by atoms with van der Waals surface area (Å²) in [6, 6.07) is 9.61. The van der Waals surface area contributed by atoms with Crippen LogP contribution in [0.15, 0.2) is 47.5 Å². The van der Waals surface area contributed by atoms with Gasteiger partial charge in [-0.05, 0) is 50.6 Å². The maximum atomic E-state index is 13.0. The average Bonchev–Trinajstić information content (AvgIpc) is 2.63. The fourth-order valence-electron chi connectivity index (χ4n) is 3.30. The summed E-state index contributed by atoms with van der Waals surface area (Å²) in [4.78, 5) is 32.0. The van der Waals surface area contributed by atoms with Crippen LogP contribution in [-0.4, -0.2) is 33.4 Å². The van der Waals surface area contributed by atoms with Crippen molar-refractivity contribution in [2.24, 2.45) is 7.05 Å². The summed E-state index contributed by atoms with van der Waals surface area (Å²) in [6.45, 7) is 5.93. The Kier molecular flexibility index (Phi) is 5.13. The highest BCUT2D eigenvalue weighted by atomic mass is 16.2. The molecule has 0 saturated heterocycles. The Morgan fingerprint density at radius 2 is 1.89 bits per heavy atom. The van der Waals surface area contributed by atoms with Crippen molar-refractivity contribution in [3.63, 3.8) is 0 Å². The van der Waals surface area contributed by atoms with E-state index < -0.39 is 0 Å². The van der Waals surface area contributed by atoms with Crippen LogP contribution in [0.3, 0.4) is 0 Å². The van der Waals surface area contributed by atoms with Gasteiger partial charge in [-0.25, -0.2) is 0 Å². The predicted octanol–water partition coefficient (Wildman–Crippen LogP) is 3.25. The number of hydrogen-bond acceptors (Lipinski definition) is 3. The zero-order valence-corrected chi connectivity index (χ0v) is 16.5. The highest BCUT2D eigenvalue weighted by Crippen LogP contribution is 2.15. The fourth-order valence-corrected chi connectivity index (χ4v) is 3.30. The minimum atomic E-state index is -0.265. The first-order valence-electron chi connectivity index (χ1n) is 9.06. The topological polar surface area (TPSA) is 55.2 Å². The number of nitrogens with zero attached hydrogens (tertiary/aromatic N) is 3. The molecule has 27 heavy (non-hydrogen) atoms. The Morgan fingerprint density at radius 3 is 2.59 bits per heavy atom. The molecule has 1 atom stereocenters. The maximum absolute atomic E-state index is 13.0. The summed E-state index contributed by atoms with van der Waals surface area (Å²) in [5.41, 5.74) is 3.87. The van der Waals surface area contributed by atoms with Gasteiger partial charge in [-0.1, -0.05) is 11.6 Å². The second-order valence-electron chi connectivity index (χ2n) is 7.30. The van der Waals surface area contributed by atoms with Crippen LogP contribution in [0.2, 0.25) is 0 Å². The van der Waals surface area contributed by atoms with Gasteiger partial charge in [0.2, 0.25) is 5.43 Å². The molecule has 0 aliphatic rings. The van der Waals surface area contributed by atoms with E-state index in [0.717, 1.165) is 22.3 Å². The number of carbonyl (C=O) groups excluding carboxylic acids is 1. The summed E-state index contributed by atoms with van der Waals surface area (Å²) < 4.78 is 1.84. The lowest BCUT2D eigenvalue weighted by atomic mass is 10.1. The van der Waals surface area contributed by atoms with Crippen LogP contribution in [0.5, 0.6) is 0 Å². The molecule has 3 rings (SSSR count). The molecule has 3 aromatic rings. The van der Waals surface area contributed by atoms with E-state index in [1.54, 1.807) is 24.3 Å². The van der Waals surface area contributed by atoms with Gasteiger partial charge in [0.15, 0.2) is 0 Å². The fraction of sp³-hybridized carbons (Fsp3) is 0.318. The number of fused-ring (bicyclic) bond motifs is 1. The molecule has 0 bridgehead atoms. The van der Waals surface area contributed by atoms with Crippen molar-refractivity contribution in [2.75, 3.05) is 7.05 Å². The molecule has 0 aliphatic carbocycles. The molecule has 5 heteroatoms. The summed E-state index contributed by atoms with van der Waals surface area (Å²) in [7, 11) is 3.59. The number of aryl methyl sites for hydroxylation is 3. The van der Waals surface area contributed by atoms with E-state index in [-0.39, 0.29) is 22.9 Å². The minimum absolute atomic E-state index is 0.0790. The zero-order chi connectivity index (χ0) is 19.7. The third kappa shape index (κ3) is 3.77. The largest absolute Gasteiger partial charge is 0.350 e. The van der Waals surface area contributed by atoms with Crippen molar-refractivity contribution in [3.8, 4) is 0 Å². The van der Waals surface area contributed by atoms with Gasteiger partial charge >= 0.3 is 0 Å². The Bertz CT molecular complexity index is 1070. The van der Waals surface area contributed by atoms with E-state index in [4.69, 9.17) is 0 Å². The molecule has 140 valence electrons. The van der Waals surface area contributed by atoms with Gasteiger partial charge in [-0.3, -0.25) is 14.6 Å². The van der Waals surface area contributed by atoms with Gasteiger partial charge in [0.05, 0.1) is 5.52 Å². The number of hydrogen-bond donors (Lipinski definition) is 0. The quantitative estimate of drug-likeness (QED) is 0.715. The molecule has 1 amide bonds. The first-order chi connectivity index (χ1) is 12.8. The van der Waals surface area contributed by atoms with Crippen molar-refractivity contribution in [1.82, 2.24) is 14.5 Å². The molecule has 0 spiro atoms.